The van der Waals surface area contributed by atoms with Crippen LogP contribution in [0.5, 0.6) is 17.2 Å². The van der Waals surface area contributed by atoms with E-state index in [2.05, 4.69) is 0 Å². The van der Waals surface area contributed by atoms with Gasteiger partial charge in [0.15, 0.2) is 11.6 Å². The quantitative estimate of drug-likeness (QED) is 0.429. The van der Waals surface area contributed by atoms with Gasteiger partial charge in [-0.25, -0.2) is 4.79 Å². The van der Waals surface area contributed by atoms with E-state index in [-0.39, 0.29) is 40.2 Å². The largest absolute Gasteiger partial charge is 0.496 e. The molecule has 0 saturated carbocycles. The summed E-state index contributed by atoms with van der Waals surface area (Å²) in [6.45, 7) is 3.79. The summed E-state index contributed by atoms with van der Waals surface area (Å²) >= 11 is 0. The van der Waals surface area contributed by atoms with Crippen molar-refractivity contribution < 1.29 is 33.3 Å². The zero-order chi connectivity index (χ0) is 24.1. The number of fused-ring (bicyclic) bond motifs is 1. The van der Waals surface area contributed by atoms with Crippen LogP contribution < -0.4 is 14.2 Å². The lowest BCUT2D eigenvalue weighted by Gasteiger charge is -2.25. The number of para-hydroxylation sites is 1. The molecular formula is C26H26O7. The molecule has 0 N–H and O–H groups in total. The molecule has 33 heavy (non-hydrogen) atoms. The average Bonchev–Trinajstić information content (AvgIpc) is 2.82. The van der Waals surface area contributed by atoms with E-state index in [4.69, 9.17) is 18.9 Å². The number of hydrogen-bond acceptors (Lipinski definition) is 7. The third-order valence-corrected chi connectivity index (χ3v) is 5.25. The molecule has 0 aromatic heterocycles. The van der Waals surface area contributed by atoms with E-state index < -0.39 is 23.6 Å². The highest BCUT2D eigenvalue weighted by Crippen LogP contribution is 2.37. The number of methoxy groups -OCH3 is 3. The van der Waals surface area contributed by atoms with Gasteiger partial charge in [-0.15, -0.1) is 0 Å². The van der Waals surface area contributed by atoms with Gasteiger partial charge in [-0.1, -0.05) is 23.8 Å². The maximum Gasteiger partial charge on any atom is 0.342 e. The van der Waals surface area contributed by atoms with Crippen LogP contribution in [0.4, 0.5) is 0 Å². The zero-order valence-corrected chi connectivity index (χ0v) is 19.3. The smallest absolute Gasteiger partial charge is 0.342 e. The Balaban J connectivity index is 2.06. The van der Waals surface area contributed by atoms with E-state index in [0.717, 1.165) is 5.57 Å². The summed E-state index contributed by atoms with van der Waals surface area (Å²) in [6.07, 6.45) is 2.29. The molecule has 3 rings (SSSR count). The normalized spacial score (nSPS) is 13.4. The van der Waals surface area contributed by atoms with Crippen LogP contribution in [0.1, 0.15) is 51.3 Å². The lowest BCUT2D eigenvalue weighted by Crippen LogP contribution is -2.29. The maximum absolute atomic E-state index is 13.5. The number of esters is 1. The van der Waals surface area contributed by atoms with E-state index in [1.165, 1.54) is 27.4 Å². The van der Waals surface area contributed by atoms with E-state index in [0.29, 0.717) is 5.75 Å². The molecule has 0 radical (unpaired) electrons. The maximum atomic E-state index is 13.5. The summed E-state index contributed by atoms with van der Waals surface area (Å²) in [6, 6.07) is 9.78. The summed E-state index contributed by atoms with van der Waals surface area (Å²) in [7, 11) is 4.29. The number of carbonyl (C=O) groups excluding carboxylic acids is 3. The summed E-state index contributed by atoms with van der Waals surface area (Å²) in [5.41, 5.74) is 1.48. The monoisotopic (exact) mass is 450 g/mol. The second kappa shape index (κ2) is 10.2. The van der Waals surface area contributed by atoms with Gasteiger partial charge in [0.2, 0.25) is 0 Å². The van der Waals surface area contributed by atoms with Gasteiger partial charge >= 0.3 is 5.97 Å². The predicted molar refractivity (Wildman–Crippen MR) is 123 cm³/mol. The molecule has 0 bridgehead atoms. The first kappa shape index (κ1) is 23.8. The van der Waals surface area contributed by atoms with Crippen molar-refractivity contribution in [3.05, 3.63) is 76.4 Å². The fourth-order valence-corrected chi connectivity index (χ4v) is 3.62. The molecule has 1 atom stereocenters. The Bertz CT molecular complexity index is 1150. The standard InChI is InChI=1S/C26H26O7/c1-15(2)10-11-20(33-26(29)16-8-6-7-9-19(16)30-3)17-14-18(27)23-21(31-4)12-13-22(32-5)24(23)25(17)28/h6-10,12-14,20H,11H2,1-5H3/t20-/m1/s1. The topological polar surface area (TPSA) is 88.1 Å². The van der Waals surface area contributed by atoms with Gasteiger partial charge in [0.1, 0.15) is 28.9 Å². The van der Waals surface area contributed by atoms with Gasteiger partial charge in [0.25, 0.3) is 0 Å². The molecule has 1 aliphatic carbocycles. The number of carbonyl (C=O) groups is 3. The molecule has 2 aromatic rings. The van der Waals surface area contributed by atoms with Gasteiger partial charge in [-0.05, 0) is 44.2 Å². The summed E-state index contributed by atoms with van der Waals surface area (Å²) in [5, 5.41) is 0. The minimum atomic E-state index is -0.988. The van der Waals surface area contributed by atoms with Gasteiger partial charge in [-0.3, -0.25) is 9.59 Å². The Morgan fingerprint density at radius 2 is 1.48 bits per heavy atom. The van der Waals surface area contributed by atoms with Crippen molar-refractivity contribution in [2.24, 2.45) is 0 Å². The highest BCUT2D eigenvalue weighted by molar-refractivity contribution is 6.27. The molecule has 172 valence electrons. The Morgan fingerprint density at radius 1 is 0.879 bits per heavy atom. The first-order chi connectivity index (χ1) is 15.8. The van der Waals surface area contributed by atoms with Gasteiger partial charge in [-0.2, -0.15) is 0 Å². The number of rotatable bonds is 8. The second-order valence-corrected chi connectivity index (χ2v) is 7.62. The van der Waals surface area contributed by atoms with Crippen molar-refractivity contribution >= 4 is 17.5 Å². The molecule has 2 aromatic carbocycles. The molecule has 0 heterocycles. The molecule has 1 aliphatic rings. The van der Waals surface area contributed by atoms with Crippen LogP contribution in [0.15, 0.2) is 59.7 Å². The number of hydrogen-bond donors (Lipinski definition) is 0. The number of Topliss-reactive ketones (excluding diaryl/α,β-unsaturated/α-hetero) is 1. The van der Waals surface area contributed by atoms with Crippen molar-refractivity contribution in [2.45, 2.75) is 26.4 Å². The van der Waals surface area contributed by atoms with E-state index in [1.54, 1.807) is 36.4 Å². The Kier molecular flexibility index (Phi) is 7.33. The molecular weight excluding hydrogens is 424 g/mol. The van der Waals surface area contributed by atoms with Crippen LogP contribution in [-0.2, 0) is 4.74 Å². The lowest BCUT2D eigenvalue weighted by molar-refractivity contribution is 0.0369. The van der Waals surface area contributed by atoms with E-state index >= 15 is 0 Å². The summed E-state index contributed by atoms with van der Waals surface area (Å²) < 4.78 is 21.6. The second-order valence-electron chi connectivity index (χ2n) is 7.62. The first-order valence-corrected chi connectivity index (χ1v) is 10.3. The fraction of sp³-hybridized carbons (Fsp3) is 0.269. The molecule has 0 fully saturated rings. The number of benzene rings is 2. The van der Waals surface area contributed by atoms with Crippen molar-refractivity contribution in [3.63, 3.8) is 0 Å². The van der Waals surface area contributed by atoms with Crippen LogP contribution >= 0.6 is 0 Å². The third kappa shape index (κ3) is 4.82. The highest BCUT2D eigenvalue weighted by atomic mass is 16.5. The molecule has 0 unspecified atom stereocenters. The Morgan fingerprint density at radius 3 is 2.09 bits per heavy atom. The first-order valence-electron chi connectivity index (χ1n) is 10.3. The van der Waals surface area contributed by atoms with Crippen molar-refractivity contribution in [2.75, 3.05) is 21.3 Å². The van der Waals surface area contributed by atoms with Crippen molar-refractivity contribution in [1.29, 1.82) is 0 Å². The van der Waals surface area contributed by atoms with E-state index in [9.17, 15) is 14.4 Å². The van der Waals surface area contributed by atoms with Gasteiger partial charge in [0, 0.05) is 12.0 Å². The molecule has 0 amide bonds. The Hall–Kier alpha value is -3.87. The average molecular weight is 450 g/mol. The van der Waals surface area contributed by atoms with Crippen LogP contribution in [0.2, 0.25) is 0 Å². The van der Waals surface area contributed by atoms with Crippen LogP contribution in [0.25, 0.3) is 0 Å². The number of allylic oxidation sites excluding steroid dienone is 2. The third-order valence-electron chi connectivity index (χ3n) is 5.25. The molecule has 0 saturated heterocycles. The summed E-state index contributed by atoms with van der Waals surface area (Å²) in [5.74, 6) is -0.686. The van der Waals surface area contributed by atoms with Crippen LogP contribution in [-0.4, -0.2) is 45.0 Å². The summed E-state index contributed by atoms with van der Waals surface area (Å²) in [4.78, 5) is 39.6. The molecule has 0 spiro atoms. The highest BCUT2D eigenvalue weighted by Gasteiger charge is 2.36. The van der Waals surface area contributed by atoms with Crippen LogP contribution in [0, 0.1) is 0 Å². The molecule has 7 nitrogen and oxygen atoms in total. The molecule has 7 heteroatoms. The van der Waals surface area contributed by atoms with Gasteiger partial charge in [0.05, 0.1) is 32.5 Å². The predicted octanol–water partition coefficient (Wildman–Crippen LogP) is 4.60. The number of ketones is 2. The van der Waals surface area contributed by atoms with E-state index in [1.807, 2.05) is 19.9 Å². The SMILES string of the molecule is COc1ccccc1C(=O)O[C@H](CC=C(C)C)C1=CC(=O)c2c(OC)ccc(OC)c2C1=O. The lowest BCUT2D eigenvalue weighted by atomic mass is 9.85. The van der Waals surface area contributed by atoms with Crippen molar-refractivity contribution in [1.82, 2.24) is 0 Å². The van der Waals surface area contributed by atoms with Gasteiger partial charge < -0.3 is 18.9 Å². The Labute approximate surface area is 192 Å². The fourth-order valence-electron chi connectivity index (χ4n) is 3.62. The minimum Gasteiger partial charge on any atom is -0.496 e. The van der Waals surface area contributed by atoms with Crippen molar-refractivity contribution in [3.8, 4) is 17.2 Å². The zero-order valence-electron chi connectivity index (χ0n) is 19.3. The number of ether oxygens (including phenoxy) is 4. The minimum absolute atomic E-state index is 0.0693. The molecule has 0 aliphatic heterocycles. The van der Waals surface area contributed by atoms with Crippen LogP contribution in [0.3, 0.4) is 0 Å².